The molecule has 20 heavy (non-hydrogen) atoms. The lowest BCUT2D eigenvalue weighted by Gasteiger charge is -2.26. The van der Waals surface area contributed by atoms with Crippen LogP contribution in [0.4, 0.5) is 0 Å². The molecule has 0 spiro atoms. The molecule has 3 N–H and O–H groups in total. The van der Waals surface area contributed by atoms with Crippen LogP contribution in [-0.2, 0) is 11.2 Å². The summed E-state index contributed by atoms with van der Waals surface area (Å²) in [6.45, 7) is 2.12. The van der Waals surface area contributed by atoms with Crippen LogP contribution in [0, 0.1) is 0 Å². The Kier molecular flexibility index (Phi) is 5.83. The molecule has 7 nitrogen and oxygen atoms in total. The Hall–Kier alpha value is -2.24. The highest BCUT2D eigenvalue weighted by atomic mass is 16.4. The Labute approximate surface area is 116 Å². The lowest BCUT2D eigenvalue weighted by atomic mass is 9.93. The molecule has 0 aliphatic heterocycles. The number of aliphatic carboxylic acids is 1. The quantitative estimate of drug-likeness (QED) is 0.292. The number of phenols is 1. The molecule has 0 saturated carbocycles. The van der Waals surface area contributed by atoms with E-state index in [9.17, 15) is 15.0 Å². The van der Waals surface area contributed by atoms with Crippen LogP contribution in [-0.4, -0.2) is 34.8 Å². The van der Waals surface area contributed by atoms with Crippen LogP contribution in [0.15, 0.2) is 29.4 Å². The van der Waals surface area contributed by atoms with Gasteiger partial charge in [0.25, 0.3) is 0 Å². The molecule has 0 aliphatic rings. The van der Waals surface area contributed by atoms with Crippen LogP contribution >= 0.6 is 0 Å². The molecule has 0 fully saturated rings. The molecule has 0 aliphatic carbocycles. The van der Waals surface area contributed by atoms with E-state index in [2.05, 4.69) is 15.3 Å². The van der Waals surface area contributed by atoms with Gasteiger partial charge in [0.05, 0.1) is 0 Å². The number of aromatic hydroxyl groups is 1. The van der Waals surface area contributed by atoms with Crippen molar-refractivity contribution >= 4 is 5.97 Å². The van der Waals surface area contributed by atoms with Gasteiger partial charge in [0.2, 0.25) is 0 Å². The highest BCUT2D eigenvalue weighted by molar-refractivity contribution is 5.78. The van der Waals surface area contributed by atoms with Crippen LogP contribution in [0.1, 0.15) is 18.9 Å². The van der Waals surface area contributed by atoms with E-state index in [-0.39, 0.29) is 12.3 Å². The van der Waals surface area contributed by atoms with Gasteiger partial charge in [0, 0.05) is 18.0 Å². The average Bonchev–Trinajstić information content (AvgIpc) is 2.43. The third kappa shape index (κ3) is 4.79. The fraction of sp³-hybridized carbons (Fsp3) is 0.462. The van der Waals surface area contributed by atoms with Crippen LogP contribution in [0.25, 0.3) is 10.4 Å². The van der Waals surface area contributed by atoms with Gasteiger partial charge >= 0.3 is 5.97 Å². The Morgan fingerprint density at radius 1 is 1.45 bits per heavy atom. The number of nitrogens with zero attached hydrogens (tertiary/aromatic N) is 3. The van der Waals surface area contributed by atoms with E-state index >= 15 is 0 Å². The van der Waals surface area contributed by atoms with Crippen LogP contribution < -0.4 is 5.32 Å². The minimum absolute atomic E-state index is 0.183. The number of phenolic OH excluding ortho intramolecular Hbond substituents is 1. The minimum atomic E-state index is -1.08. The summed E-state index contributed by atoms with van der Waals surface area (Å²) in [7, 11) is 0. The molecule has 0 aromatic heterocycles. The molecule has 0 heterocycles. The standard InChI is InChI=1S/C13H18N4O3/c1-13(12(19)20,15-8-9-16-17-14)7-6-10-2-4-11(18)5-3-10/h2-5,15,18H,6-9H2,1H3,(H,19,20). The van der Waals surface area contributed by atoms with E-state index in [4.69, 9.17) is 5.53 Å². The number of benzene rings is 1. The zero-order valence-corrected chi connectivity index (χ0v) is 11.3. The second-order valence-corrected chi connectivity index (χ2v) is 4.68. The Morgan fingerprint density at radius 2 is 2.10 bits per heavy atom. The zero-order chi connectivity index (χ0) is 15.0. The number of hydrogen-bond acceptors (Lipinski definition) is 4. The second kappa shape index (κ2) is 7.37. The molecular weight excluding hydrogens is 260 g/mol. The summed E-state index contributed by atoms with van der Waals surface area (Å²) in [5.74, 6) is -0.764. The molecule has 0 amide bonds. The summed E-state index contributed by atoms with van der Waals surface area (Å²) in [6, 6.07) is 6.67. The van der Waals surface area contributed by atoms with Gasteiger partial charge in [-0.2, -0.15) is 0 Å². The van der Waals surface area contributed by atoms with Gasteiger partial charge in [-0.25, -0.2) is 0 Å². The van der Waals surface area contributed by atoms with Crippen molar-refractivity contribution in [3.63, 3.8) is 0 Å². The molecule has 1 aromatic rings. The SMILES string of the molecule is CC(CCc1ccc(O)cc1)(NCCN=[N+]=[N-])C(=O)O. The number of hydrogen-bond donors (Lipinski definition) is 3. The van der Waals surface area contributed by atoms with Gasteiger partial charge < -0.3 is 15.5 Å². The van der Waals surface area contributed by atoms with Gasteiger partial charge in [-0.15, -0.1) is 0 Å². The number of nitrogens with one attached hydrogen (secondary N) is 1. The topological polar surface area (TPSA) is 118 Å². The predicted molar refractivity (Wildman–Crippen MR) is 74.5 cm³/mol. The fourth-order valence-corrected chi connectivity index (χ4v) is 1.75. The van der Waals surface area contributed by atoms with Gasteiger partial charge in [0.1, 0.15) is 11.3 Å². The van der Waals surface area contributed by atoms with Crippen LogP contribution in [0.5, 0.6) is 5.75 Å². The van der Waals surface area contributed by atoms with Gasteiger partial charge in [0.15, 0.2) is 0 Å². The molecule has 1 atom stereocenters. The number of carbonyl (C=O) groups is 1. The lowest BCUT2D eigenvalue weighted by Crippen LogP contribution is -2.50. The number of azide groups is 1. The third-order valence-electron chi connectivity index (χ3n) is 3.11. The molecule has 7 heteroatoms. The van der Waals surface area contributed by atoms with Crippen molar-refractivity contribution in [1.82, 2.24) is 5.32 Å². The van der Waals surface area contributed by atoms with Crippen molar-refractivity contribution in [1.29, 1.82) is 0 Å². The summed E-state index contributed by atoms with van der Waals surface area (Å²) < 4.78 is 0. The first-order valence-electron chi connectivity index (χ1n) is 6.25. The maximum absolute atomic E-state index is 11.4. The van der Waals surface area contributed by atoms with Gasteiger partial charge in [-0.3, -0.25) is 4.79 Å². The number of carboxylic acid groups (broad SMARTS) is 1. The first-order valence-corrected chi connectivity index (χ1v) is 6.25. The number of aryl methyl sites for hydroxylation is 1. The largest absolute Gasteiger partial charge is 0.508 e. The fourth-order valence-electron chi connectivity index (χ4n) is 1.75. The Morgan fingerprint density at radius 3 is 2.65 bits per heavy atom. The molecular formula is C13H18N4O3. The zero-order valence-electron chi connectivity index (χ0n) is 11.3. The summed E-state index contributed by atoms with van der Waals surface area (Å²) in [5, 5.41) is 24.8. The normalized spacial score (nSPS) is 13.2. The van der Waals surface area contributed by atoms with E-state index in [1.807, 2.05) is 0 Å². The second-order valence-electron chi connectivity index (χ2n) is 4.68. The van der Waals surface area contributed by atoms with Crippen LogP contribution in [0.2, 0.25) is 0 Å². The van der Waals surface area contributed by atoms with E-state index in [0.717, 1.165) is 5.56 Å². The lowest BCUT2D eigenvalue weighted by molar-refractivity contribution is -0.144. The summed E-state index contributed by atoms with van der Waals surface area (Å²) in [4.78, 5) is 14.0. The van der Waals surface area contributed by atoms with E-state index in [1.54, 1.807) is 31.2 Å². The van der Waals surface area contributed by atoms with Gasteiger partial charge in [-0.1, -0.05) is 17.2 Å². The number of carboxylic acids is 1. The van der Waals surface area contributed by atoms with E-state index < -0.39 is 11.5 Å². The van der Waals surface area contributed by atoms with Crippen LogP contribution in [0.3, 0.4) is 0 Å². The van der Waals surface area contributed by atoms with Crippen molar-refractivity contribution in [3.8, 4) is 5.75 Å². The minimum Gasteiger partial charge on any atom is -0.508 e. The first-order chi connectivity index (χ1) is 9.48. The average molecular weight is 278 g/mol. The molecule has 1 rings (SSSR count). The van der Waals surface area contributed by atoms with Crippen molar-refractivity contribution in [2.24, 2.45) is 5.11 Å². The first kappa shape index (κ1) is 15.8. The summed E-state index contributed by atoms with van der Waals surface area (Å²) >= 11 is 0. The van der Waals surface area contributed by atoms with Crippen molar-refractivity contribution in [2.75, 3.05) is 13.1 Å². The molecule has 0 saturated heterocycles. The molecule has 1 aromatic carbocycles. The highest BCUT2D eigenvalue weighted by Gasteiger charge is 2.31. The van der Waals surface area contributed by atoms with Crippen molar-refractivity contribution in [2.45, 2.75) is 25.3 Å². The molecule has 0 radical (unpaired) electrons. The van der Waals surface area contributed by atoms with Crippen molar-refractivity contribution in [3.05, 3.63) is 40.3 Å². The van der Waals surface area contributed by atoms with Gasteiger partial charge in [-0.05, 0) is 43.0 Å². The Bertz CT molecular complexity index is 497. The van der Waals surface area contributed by atoms with Crippen molar-refractivity contribution < 1.29 is 15.0 Å². The summed E-state index contributed by atoms with van der Waals surface area (Å²) in [6.07, 6.45) is 0.959. The van der Waals surface area contributed by atoms with E-state index in [0.29, 0.717) is 19.4 Å². The maximum Gasteiger partial charge on any atom is 0.323 e. The monoisotopic (exact) mass is 278 g/mol. The highest BCUT2D eigenvalue weighted by Crippen LogP contribution is 2.17. The molecule has 0 bridgehead atoms. The Balaban J connectivity index is 2.59. The third-order valence-corrected chi connectivity index (χ3v) is 3.11. The molecule has 108 valence electrons. The molecule has 1 unspecified atom stereocenters. The smallest absolute Gasteiger partial charge is 0.323 e. The maximum atomic E-state index is 11.4. The predicted octanol–water partition coefficient (Wildman–Crippen LogP) is 2.07. The summed E-state index contributed by atoms with van der Waals surface area (Å²) in [5.41, 5.74) is 8.04. The van der Waals surface area contributed by atoms with E-state index in [1.165, 1.54) is 0 Å². The number of rotatable bonds is 8.